The average Bonchev–Trinajstić information content (AvgIpc) is 2.76. The molecule has 1 heterocycles. The molecule has 3 aromatic rings. The van der Waals surface area contributed by atoms with E-state index < -0.39 is 0 Å². The summed E-state index contributed by atoms with van der Waals surface area (Å²) >= 11 is 24.7. The van der Waals surface area contributed by atoms with Crippen molar-refractivity contribution in [3.63, 3.8) is 0 Å². The average molecular weight is 521 g/mol. The highest BCUT2D eigenvalue weighted by Crippen LogP contribution is 2.29. The summed E-state index contributed by atoms with van der Waals surface area (Å²) in [7, 11) is 0. The predicted octanol–water partition coefficient (Wildman–Crippen LogP) is 7.99. The van der Waals surface area contributed by atoms with Crippen molar-refractivity contribution in [3.05, 3.63) is 114 Å². The van der Waals surface area contributed by atoms with Gasteiger partial charge in [0.25, 0.3) is 0 Å². The first kappa shape index (κ1) is 24.0. The summed E-state index contributed by atoms with van der Waals surface area (Å²) in [5.74, 6) is -0.370. The van der Waals surface area contributed by atoms with Gasteiger partial charge in [0.05, 0.1) is 0 Å². The number of carbonyl (C=O) groups is 1. The van der Waals surface area contributed by atoms with Crippen LogP contribution in [0, 0.1) is 5.82 Å². The number of carbonyl (C=O) groups excluding carboxylic acids is 1. The van der Waals surface area contributed by atoms with Crippen LogP contribution < -0.4 is 0 Å². The van der Waals surface area contributed by atoms with E-state index in [1.165, 1.54) is 12.1 Å². The van der Waals surface area contributed by atoms with Gasteiger partial charge in [-0.15, -0.1) is 0 Å². The van der Waals surface area contributed by atoms with E-state index in [0.29, 0.717) is 62.0 Å². The smallest absolute Gasteiger partial charge is 0.187 e. The van der Waals surface area contributed by atoms with Crippen molar-refractivity contribution in [3.8, 4) is 0 Å². The molecule has 0 bridgehead atoms. The first-order valence-corrected chi connectivity index (χ1v) is 11.6. The van der Waals surface area contributed by atoms with Crippen LogP contribution in [0.3, 0.4) is 0 Å². The number of likely N-dealkylation sites (tertiary alicyclic amines) is 1. The lowest BCUT2D eigenvalue weighted by Gasteiger charge is -2.30. The maximum Gasteiger partial charge on any atom is 0.187 e. The summed E-state index contributed by atoms with van der Waals surface area (Å²) < 4.78 is 13.3. The van der Waals surface area contributed by atoms with E-state index >= 15 is 0 Å². The third-order valence-corrected chi connectivity index (χ3v) is 6.40. The van der Waals surface area contributed by atoms with Crippen molar-refractivity contribution < 1.29 is 9.18 Å². The molecule has 1 aliphatic heterocycles. The van der Waals surface area contributed by atoms with Crippen molar-refractivity contribution in [2.24, 2.45) is 0 Å². The Morgan fingerprint density at radius 3 is 1.70 bits per heavy atom. The van der Waals surface area contributed by atoms with Gasteiger partial charge in [-0.2, -0.15) is 0 Å². The number of benzene rings is 3. The van der Waals surface area contributed by atoms with Crippen molar-refractivity contribution in [2.75, 3.05) is 13.1 Å². The lowest BCUT2D eigenvalue weighted by molar-refractivity contribution is -0.113. The number of hydrogen-bond donors (Lipinski definition) is 0. The second-order valence-electron chi connectivity index (χ2n) is 7.77. The number of halogens is 5. The molecule has 7 heteroatoms. The van der Waals surface area contributed by atoms with Gasteiger partial charge in [0.2, 0.25) is 0 Å². The fourth-order valence-corrected chi connectivity index (χ4v) is 4.61. The van der Waals surface area contributed by atoms with E-state index in [1.54, 1.807) is 60.7 Å². The lowest BCUT2D eigenvalue weighted by atomic mass is 9.94. The molecule has 0 atom stereocenters. The SMILES string of the molecule is O=C1C(=Cc2ccc(Cl)cc2Cl)CN(Cc2ccc(F)cc2)CC1=Cc1ccc(Cl)cc1Cl. The number of nitrogens with zero attached hydrogens (tertiary/aromatic N) is 1. The molecular weight excluding hydrogens is 503 g/mol. The number of ketones is 1. The second kappa shape index (κ2) is 10.4. The van der Waals surface area contributed by atoms with Crippen molar-refractivity contribution in [1.29, 1.82) is 0 Å². The monoisotopic (exact) mass is 519 g/mol. The van der Waals surface area contributed by atoms with Gasteiger partial charge in [0, 0.05) is 50.9 Å². The molecule has 2 nitrogen and oxygen atoms in total. The van der Waals surface area contributed by atoms with Crippen LogP contribution in [-0.4, -0.2) is 23.8 Å². The van der Waals surface area contributed by atoms with E-state index in [2.05, 4.69) is 4.90 Å². The molecule has 0 N–H and O–H groups in total. The first-order valence-electron chi connectivity index (χ1n) is 10.1. The third-order valence-electron chi connectivity index (χ3n) is 5.28. The molecule has 0 aromatic heterocycles. The molecule has 33 heavy (non-hydrogen) atoms. The second-order valence-corrected chi connectivity index (χ2v) is 9.46. The number of Topliss-reactive ketones (excluding diaryl/α,β-unsaturated/α-hetero) is 1. The number of piperidine rings is 1. The first-order chi connectivity index (χ1) is 15.8. The molecule has 4 rings (SSSR count). The van der Waals surface area contributed by atoms with Gasteiger partial charge in [0.15, 0.2) is 5.78 Å². The minimum absolute atomic E-state index is 0.0811. The fourth-order valence-electron chi connectivity index (χ4n) is 3.68. The standard InChI is InChI=1S/C26H18Cl4FNO/c27-21-5-3-17(24(29)11-21)9-19-14-32(13-16-1-7-23(31)8-2-16)15-20(26(19)33)10-18-4-6-22(28)12-25(18)30/h1-12H,13-15H2. The van der Waals surface area contributed by atoms with E-state index in [-0.39, 0.29) is 11.6 Å². The summed E-state index contributed by atoms with van der Waals surface area (Å²) in [6, 6.07) is 16.6. The molecule has 0 amide bonds. The molecule has 1 fully saturated rings. The van der Waals surface area contributed by atoms with Crippen LogP contribution >= 0.6 is 46.4 Å². The molecule has 1 saturated heterocycles. The van der Waals surface area contributed by atoms with Crippen LogP contribution in [0.1, 0.15) is 16.7 Å². The molecular formula is C26H18Cl4FNO. The predicted molar refractivity (Wildman–Crippen MR) is 136 cm³/mol. The van der Waals surface area contributed by atoms with Gasteiger partial charge in [-0.3, -0.25) is 9.69 Å². The molecule has 0 aliphatic carbocycles. The molecule has 1 aliphatic rings. The molecule has 0 unspecified atom stereocenters. The maximum atomic E-state index is 13.4. The van der Waals surface area contributed by atoms with Gasteiger partial charge >= 0.3 is 0 Å². The van der Waals surface area contributed by atoms with Gasteiger partial charge in [0.1, 0.15) is 5.82 Å². The fraction of sp³-hybridized carbons (Fsp3) is 0.115. The zero-order valence-corrected chi connectivity index (χ0v) is 20.3. The van der Waals surface area contributed by atoms with Gasteiger partial charge < -0.3 is 0 Å². The van der Waals surface area contributed by atoms with Crippen molar-refractivity contribution >= 4 is 64.3 Å². The Hall–Kier alpha value is -2.14. The molecule has 0 spiro atoms. The molecule has 0 saturated carbocycles. The van der Waals surface area contributed by atoms with Crippen LogP contribution in [-0.2, 0) is 11.3 Å². The Morgan fingerprint density at radius 2 is 1.24 bits per heavy atom. The maximum absolute atomic E-state index is 13.4. The Balaban J connectivity index is 1.72. The lowest BCUT2D eigenvalue weighted by Crippen LogP contribution is -2.37. The zero-order valence-electron chi connectivity index (χ0n) is 17.3. The van der Waals surface area contributed by atoms with Crippen LogP contribution in [0.25, 0.3) is 12.2 Å². The van der Waals surface area contributed by atoms with E-state index in [1.807, 2.05) is 0 Å². The highest BCUT2D eigenvalue weighted by molar-refractivity contribution is 6.36. The van der Waals surface area contributed by atoms with Crippen LogP contribution in [0.5, 0.6) is 0 Å². The van der Waals surface area contributed by atoms with Crippen LogP contribution in [0.15, 0.2) is 71.8 Å². The van der Waals surface area contributed by atoms with Gasteiger partial charge in [-0.25, -0.2) is 4.39 Å². The topological polar surface area (TPSA) is 20.3 Å². The number of hydrogen-bond acceptors (Lipinski definition) is 2. The minimum atomic E-state index is -0.288. The quantitative estimate of drug-likeness (QED) is 0.325. The Morgan fingerprint density at radius 1 is 0.758 bits per heavy atom. The van der Waals surface area contributed by atoms with Gasteiger partial charge in [-0.05, 0) is 65.2 Å². The van der Waals surface area contributed by atoms with Gasteiger partial charge in [-0.1, -0.05) is 70.7 Å². The summed E-state index contributed by atoms with van der Waals surface area (Å²) in [6.07, 6.45) is 3.57. The van der Waals surface area contributed by atoms with Crippen LogP contribution in [0.2, 0.25) is 20.1 Å². The summed E-state index contributed by atoms with van der Waals surface area (Å²) in [5.41, 5.74) is 3.53. The van der Waals surface area contributed by atoms with E-state index in [9.17, 15) is 9.18 Å². The highest BCUT2D eigenvalue weighted by Gasteiger charge is 2.26. The summed E-state index contributed by atoms with van der Waals surface area (Å²) in [6.45, 7) is 1.38. The molecule has 3 aromatic carbocycles. The normalized spacial score (nSPS) is 17.2. The zero-order chi connectivity index (χ0) is 23.5. The Bertz CT molecular complexity index is 1190. The Labute approximate surface area is 211 Å². The minimum Gasteiger partial charge on any atom is -0.290 e. The van der Waals surface area contributed by atoms with Crippen LogP contribution in [0.4, 0.5) is 4.39 Å². The Kier molecular flexibility index (Phi) is 7.58. The molecule has 0 radical (unpaired) electrons. The summed E-state index contributed by atoms with van der Waals surface area (Å²) in [5, 5.41) is 1.97. The number of rotatable bonds is 4. The largest absolute Gasteiger partial charge is 0.290 e. The van der Waals surface area contributed by atoms with E-state index in [0.717, 1.165) is 5.56 Å². The highest BCUT2D eigenvalue weighted by atomic mass is 35.5. The summed E-state index contributed by atoms with van der Waals surface area (Å²) in [4.78, 5) is 15.5. The van der Waals surface area contributed by atoms with E-state index in [4.69, 9.17) is 46.4 Å². The van der Waals surface area contributed by atoms with Crippen molar-refractivity contribution in [2.45, 2.75) is 6.54 Å². The molecule has 168 valence electrons. The third kappa shape index (κ3) is 6.06. The van der Waals surface area contributed by atoms with Crippen molar-refractivity contribution in [1.82, 2.24) is 4.90 Å².